The molecule has 1 N–H and O–H groups in total. The number of fused-ring (bicyclic) bond motifs is 1. The number of ether oxygens (including phenoxy) is 1. The van der Waals surface area contributed by atoms with Crippen LogP contribution >= 0.6 is 11.3 Å². The maximum atomic E-state index is 11.5. The second-order valence-corrected chi connectivity index (χ2v) is 12.1. The second-order valence-electron chi connectivity index (χ2n) is 8.85. The number of nitrogens with one attached hydrogen (secondary N) is 1. The highest BCUT2D eigenvalue weighted by molar-refractivity contribution is 7.90. The first-order chi connectivity index (χ1) is 15.7. The lowest BCUT2D eigenvalue weighted by Gasteiger charge is -2.20. The van der Waals surface area contributed by atoms with E-state index in [1.54, 1.807) is 11.3 Å². The Morgan fingerprint density at radius 2 is 2.12 bits per heavy atom. The Bertz CT molecular complexity index is 1250. The molecule has 174 valence electrons. The van der Waals surface area contributed by atoms with Crippen LogP contribution in [0.15, 0.2) is 41.6 Å². The highest BCUT2D eigenvalue weighted by atomic mass is 32.2. The van der Waals surface area contributed by atoms with Gasteiger partial charge >= 0.3 is 0 Å². The van der Waals surface area contributed by atoms with Crippen molar-refractivity contribution in [3.05, 3.63) is 52.1 Å². The Kier molecular flexibility index (Phi) is 7.03. The van der Waals surface area contributed by atoms with E-state index in [1.165, 1.54) is 27.9 Å². The summed E-state index contributed by atoms with van der Waals surface area (Å²) in [5.41, 5.74) is 5.49. The molecule has 8 heteroatoms. The normalized spacial score (nSPS) is 18.3. The molecule has 2 aromatic rings. The maximum Gasteiger partial charge on any atom is 0.148 e. The van der Waals surface area contributed by atoms with Gasteiger partial charge in [-0.1, -0.05) is 6.08 Å². The molecule has 0 radical (unpaired) electrons. The van der Waals surface area contributed by atoms with E-state index in [0.717, 1.165) is 36.3 Å². The molecule has 4 rings (SSSR count). The number of hydrogen-bond donors (Lipinski definition) is 1. The van der Waals surface area contributed by atoms with Gasteiger partial charge in [0.25, 0.3) is 0 Å². The number of nitrogens with zero attached hydrogens (tertiary/aromatic N) is 2. The minimum atomic E-state index is -2.97. The van der Waals surface area contributed by atoms with Crippen LogP contribution in [-0.2, 0) is 9.84 Å². The van der Waals surface area contributed by atoms with E-state index < -0.39 is 9.84 Å². The fourth-order valence-electron chi connectivity index (χ4n) is 4.47. The van der Waals surface area contributed by atoms with Crippen LogP contribution in [0.3, 0.4) is 0 Å². The number of rotatable bonds is 8. The van der Waals surface area contributed by atoms with Gasteiger partial charge in [0, 0.05) is 30.6 Å². The summed E-state index contributed by atoms with van der Waals surface area (Å²) in [6.45, 7) is 4.36. The first kappa shape index (κ1) is 23.7. The number of aromatic nitrogens is 1. The largest absolute Gasteiger partial charge is 0.490 e. The van der Waals surface area contributed by atoms with Gasteiger partial charge in [-0.15, -0.1) is 11.3 Å². The molecule has 0 spiro atoms. The van der Waals surface area contributed by atoms with Gasteiger partial charge in [0.2, 0.25) is 0 Å². The van der Waals surface area contributed by atoms with Gasteiger partial charge in [0.1, 0.15) is 26.7 Å². The van der Waals surface area contributed by atoms with Crippen molar-refractivity contribution in [1.29, 1.82) is 5.26 Å². The molecule has 1 aromatic carbocycles. The zero-order valence-corrected chi connectivity index (χ0v) is 20.9. The van der Waals surface area contributed by atoms with Crippen LogP contribution < -0.4 is 10.1 Å². The van der Waals surface area contributed by atoms with Crippen LogP contribution in [-0.4, -0.2) is 44.1 Å². The van der Waals surface area contributed by atoms with Crippen molar-refractivity contribution in [3.63, 3.8) is 0 Å². The van der Waals surface area contributed by atoms with Gasteiger partial charge in [0.05, 0.1) is 22.3 Å². The number of thiazole rings is 1. The van der Waals surface area contributed by atoms with E-state index in [0.29, 0.717) is 17.9 Å². The monoisotopic (exact) mass is 483 g/mol. The van der Waals surface area contributed by atoms with Crippen LogP contribution in [0.5, 0.6) is 5.75 Å². The van der Waals surface area contributed by atoms with Crippen LogP contribution in [0, 0.1) is 11.3 Å². The topological polar surface area (TPSA) is 92.1 Å². The van der Waals surface area contributed by atoms with Gasteiger partial charge in [-0.05, 0) is 74.4 Å². The Labute approximate surface area is 199 Å². The number of benzene rings is 1. The summed E-state index contributed by atoms with van der Waals surface area (Å²) < 4.78 is 28.7. The molecule has 0 unspecified atom stereocenters. The van der Waals surface area contributed by atoms with Gasteiger partial charge in [-0.3, -0.25) is 0 Å². The average Bonchev–Trinajstić information content (AvgIpc) is 3.40. The van der Waals surface area contributed by atoms with E-state index in [4.69, 9.17) is 4.74 Å². The lowest BCUT2D eigenvalue weighted by Crippen LogP contribution is -2.32. The minimum absolute atomic E-state index is 0.00694. The van der Waals surface area contributed by atoms with Crippen LogP contribution in [0.4, 0.5) is 0 Å². The summed E-state index contributed by atoms with van der Waals surface area (Å²) in [5.74, 6) is 0.757. The predicted molar refractivity (Wildman–Crippen MR) is 133 cm³/mol. The van der Waals surface area contributed by atoms with Crippen molar-refractivity contribution in [1.82, 2.24) is 10.3 Å². The van der Waals surface area contributed by atoms with Crippen LogP contribution in [0.1, 0.15) is 50.0 Å². The zero-order valence-electron chi connectivity index (χ0n) is 19.2. The standard InChI is InChI=1S/C25H29N3O3S2/c1-16(2)31-23-10-7-17(13-18(23)14-26)25-28-15-24(32-25)21-6-4-5-20-19(21)8-9-22(20)27-11-12-33(3,29)30/h5,7,10,13,15-16,22,27H,4,6,8-9,11-12H2,1-3H3/t22-/m0/s1. The van der Waals surface area contributed by atoms with Crippen molar-refractivity contribution < 1.29 is 13.2 Å². The Hall–Kier alpha value is -2.47. The molecule has 2 aliphatic carbocycles. The summed E-state index contributed by atoms with van der Waals surface area (Å²) in [6.07, 6.45) is 9.48. The van der Waals surface area contributed by atoms with E-state index in [1.807, 2.05) is 38.2 Å². The van der Waals surface area contributed by atoms with Crippen LogP contribution in [0.25, 0.3) is 16.1 Å². The molecular weight excluding hydrogens is 454 g/mol. The van der Waals surface area contributed by atoms with Crippen molar-refractivity contribution in [2.75, 3.05) is 18.6 Å². The first-order valence-electron chi connectivity index (χ1n) is 11.3. The van der Waals surface area contributed by atoms with Crippen molar-refractivity contribution >= 4 is 26.7 Å². The summed E-state index contributed by atoms with van der Waals surface area (Å²) in [6, 6.07) is 8.11. The Balaban J connectivity index is 1.55. The quantitative estimate of drug-likeness (QED) is 0.583. The summed E-state index contributed by atoms with van der Waals surface area (Å²) in [4.78, 5) is 5.84. The van der Waals surface area contributed by atoms with Gasteiger partial charge in [0.15, 0.2) is 0 Å². The van der Waals surface area contributed by atoms with E-state index in [2.05, 4.69) is 22.4 Å². The predicted octanol–water partition coefficient (Wildman–Crippen LogP) is 4.74. The minimum Gasteiger partial charge on any atom is -0.490 e. The number of hydrogen-bond acceptors (Lipinski definition) is 7. The summed E-state index contributed by atoms with van der Waals surface area (Å²) in [5, 5.41) is 13.9. The van der Waals surface area contributed by atoms with E-state index in [-0.39, 0.29) is 17.9 Å². The molecule has 1 aromatic heterocycles. The van der Waals surface area contributed by atoms with Gasteiger partial charge < -0.3 is 10.1 Å². The van der Waals surface area contributed by atoms with E-state index in [9.17, 15) is 13.7 Å². The fourth-order valence-corrected chi connectivity index (χ4v) is 5.97. The summed E-state index contributed by atoms with van der Waals surface area (Å²) in [7, 11) is -2.97. The number of sulfone groups is 1. The molecule has 2 aliphatic rings. The summed E-state index contributed by atoms with van der Waals surface area (Å²) >= 11 is 1.66. The molecule has 1 fully saturated rings. The first-order valence-corrected chi connectivity index (χ1v) is 14.1. The molecule has 0 aliphatic heterocycles. The molecule has 1 atom stereocenters. The lowest BCUT2D eigenvalue weighted by molar-refractivity contribution is 0.242. The molecule has 1 saturated carbocycles. The molecule has 33 heavy (non-hydrogen) atoms. The highest BCUT2D eigenvalue weighted by Gasteiger charge is 2.30. The third-order valence-electron chi connectivity index (χ3n) is 5.91. The highest BCUT2D eigenvalue weighted by Crippen LogP contribution is 2.44. The second kappa shape index (κ2) is 9.80. The Morgan fingerprint density at radius 3 is 2.85 bits per heavy atom. The third kappa shape index (κ3) is 5.55. The third-order valence-corrected chi connectivity index (χ3v) is 7.96. The zero-order chi connectivity index (χ0) is 23.6. The SMILES string of the molecule is CC(C)Oc1ccc(-c2ncc(C3=C4CC[C@H](NCCS(C)(=O)=O)C4=CCC3)s2)cc1C#N. The van der Waals surface area contributed by atoms with Crippen LogP contribution in [0.2, 0.25) is 0 Å². The van der Waals surface area contributed by atoms with Gasteiger partial charge in [-0.25, -0.2) is 13.4 Å². The van der Waals surface area contributed by atoms with Crippen molar-refractivity contribution in [3.8, 4) is 22.4 Å². The number of nitriles is 1. The molecule has 1 heterocycles. The molecule has 0 bridgehead atoms. The molecule has 0 amide bonds. The van der Waals surface area contributed by atoms with E-state index >= 15 is 0 Å². The number of allylic oxidation sites excluding steroid dienone is 2. The molecule has 0 saturated heterocycles. The molecule has 6 nitrogen and oxygen atoms in total. The molecular formula is C25H29N3O3S2. The smallest absolute Gasteiger partial charge is 0.148 e. The Morgan fingerprint density at radius 1 is 1.30 bits per heavy atom. The average molecular weight is 484 g/mol. The van der Waals surface area contributed by atoms with Crippen molar-refractivity contribution in [2.24, 2.45) is 0 Å². The lowest BCUT2D eigenvalue weighted by atomic mass is 9.91. The van der Waals surface area contributed by atoms with Crippen molar-refractivity contribution in [2.45, 2.75) is 51.7 Å². The van der Waals surface area contributed by atoms with Gasteiger partial charge in [-0.2, -0.15) is 5.26 Å². The fraction of sp³-hybridized carbons (Fsp3) is 0.440. The maximum absolute atomic E-state index is 11.5.